The van der Waals surface area contributed by atoms with Gasteiger partial charge in [0.15, 0.2) is 0 Å². The molecule has 2 aromatic carbocycles. The standard InChI is InChI=1S/2C7H9N.C3H8O.ClH.H2O/c2*8-6-7-4-2-1-3-5-7;1-3(2)4;;/h2*1-5H,6,8H2;3-4H,1-2H3;1H;1H2. The van der Waals surface area contributed by atoms with Gasteiger partial charge in [-0.1, -0.05) is 60.7 Å². The fourth-order valence-corrected chi connectivity index (χ4v) is 1.23. The molecule has 2 aromatic rings. The number of hydrogen-bond donors (Lipinski definition) is 3. The summed E-state index contributed by atoms with van der Waals surface area (Å²) in [7, 11) is 0. The Morgan fingerprint density at radius 3 is 1.14 bits per heavy atom. The van der Waals surface area contributed by atoms with Crippen LogP contribution in [0.5, 0.6) is 0 Å². The van der Waals surface area contributed by atoms with Gasteiger partial charge in [0.05, 0.1) is 0 Å². The minimum Gasteiger partial charge on any atom is -0.412 e. The summed E-state index contributed by atoms with van der Waals surface area (Å²) in [5.74, 6) is 0. The van der Waals surface area contributed by atoms with Gasteiger partial charge in [-0.05, 0) is 25.0 Å². The van der Waals surface area contributed by atoms with Crippen molar-refractivity contribution in [3.8, 4) is 0 Å². The van der Waals surface area contributed by atoms with E-state index in [1.54, 1.807) is 13.8 Å². The summed E-state index contributed by atoms with van der Waals surface area (Å²) in [6.07, 6.45) is -0.167. The molecule has 2 rings (SSSR count). The first-order valence-corrected chi connectivity index (χ1v) is 6.76. The first-order valence-electron chi connectivity index (χ1n) is 6.76. The van der Waals surface area contributed by atoms with Crippen molar-refractivity contribution in [2.75, 3.05) is 0 Å². The SMILES string of the molecule is CC(C)O.Cl.NCc1ccccc1.NCc1ccccc1.O. The van der Waals surface area contributed by atoms with Gasteiger partial charge in [0, 0.05) is 19.2 Å². The molecule has 7 N–H and O–H groups in total. The molecule has 0 aliphatic heterocycles. The summed E-state index contributed by atoms with van der Waals surface area (Å²) in [5.41, 5.74) is 13.1. The Labute approximate surface area is 139 Å². The second-order valence-corrected chi connectivity index (χ2v) is 4.47. The lowest BCUT2D eigenvalue weighted by Crippen LogP contribution is -1.94. The van der Waals surface area contributed by atoms with Crippen LogP contribution >= 0.6 is 12.4 Å². The zero-order chi connectivity index (χ0) is 15.2. The molecule has 22 heavy (non-hydrogen) atoms. The second-order valence-electron chi connectivity index (χ2n) is 4.47. The number of halogens is 1. The number of aliphatic hydroxyl groups is 1. The van der Waals surface area contributed by atoms with Gasteiger partial charge in [-0.2, -0.15) is 0 Å². The Morgan fingerprint density at radius 1 is 0.773 bits per heavy atom. The van der Waals surface area contributed by atoms with Crippen LogP contribution in [-0.2, 0) is 13.1 Å². The molecule has 0 aliphatic rings. The lowest BCUT2D eigenvalue weighted by atomic mass is 10.2. The molecule has 0 spiro atoms. The molecule has 0 bridgehead atoms. The van der Waals surface area contributed by atoms with Crippen molar-refractivity contribution in [2.45, 2.75) is 33.0 Å². The maximum Gasteiger partial charge on any atom is 0.0483 e. The molecule has 0 unspecified atom stereocenters. The smallest absolute Gasteiger partial charge is 0.0483 e. The molecule has 0 amide bonds. The van der Waals surface area contributed by atoms with Gasteiger partial charge >= 0.3 is 0 Å². The fraction of sp³-hybridized carbons (Fsp3) is 0.294. The van der Waals surface area contributed by atoms with Crippen molar-refractivity contribution in [3.05, 3.63) is 71.8 Å². The summed E-state index contributed by atoms with van der Waals surface area (Å²) >= 11 is 0. The van der Waals surface area contributed by atoms with Crippen LogP contribution < -0.4 is 11.5 Å². The van der Waals surface area contributed by atoms with E-state index < -0.39 is 0 Å². The zero-order valence-corrected chi connectivity index (χ0v) is 14.1. The Bertz CT molecular complexity index is 383. The first kappa shape index (κ1) is 25.5. The average Bonchev–Trinajstić information content (AvgIpc) is 2.49. The summed E-state index contributed by atoms with van der Waals surface area (Å²) < 4.78 is 0. The van der Waals surface area contributed by atoms with Crippen LogP contribution in [0.1, 0.15) is 25.0 Å². The van der Waals surface area contributed by atoms with E-state index in [0.717, 1.165) is 0 Å². The van der Waals surface area contributed by atoms with E-state index in [1.165, 1.54) is 11.1 Å². The number of nitrogens with two attached hydrogens (primary N) is 2. The molecule has 0 atom stereocenters. The molecule has 0 saturated heterocycles. The Kier molecular flexibility index (Phi) is 20.4. The highest BCUT2D eigenvalue weighted by Gasteiger charge is 1.80. The Morgan fingerprint density at radius 2 is 1.00 bits per heavy atom. The molecule has 0 heterocycles. The van der Waals surface area contributed by atoms with Gasteiger partial charge < -0.3 is 22.1 Å². The molecule has 5 heteroatoms. The molecule has 0 aromatic heterocycles. The van der Waals surface area contributed by atoms with Crippen LogP contribution in [0.2, 0.25) is 0 Å². The predicted molar refractivity (Wildman–Crippen MR) is 96.9 cm³/mol. The normalized spacial score (nSPS) is 8.27. The zero-order valence-electron chi connectivity index (χ0n) is 13.3. The van der Waals surface area contributed by atoms with E-state index in [1.807, 2.05) is 60.7 Å². The van der Waals surface area contributed by atoms with Gasteiger partial charge in [-0.15, -0.1) is 12.4 Å². The summed E-state index contributed by atoms with van der Waals surface area (Å²) in [6.45, 7) is 4.72. The topological polar surface area (TPSA) is 104 Å². The molecular weight excluding hydrogens is 300 g/mol. The van der Waals surface area contributed by atoms with E-state index in [-0.39, 0.29) is 24.0 Å². The van der Waals surface area contributed by atoms with E-state index in [0.29, 0.717) is 13.1 Å². The minimum atomic E-state index is -0.167. The van der Waals surface area contributed by atoms with Gasteiger partial charge in [0.25, 0.3) is 0 Å². The summed E-state index contributed by atoms with van der Waals surface area (Å²) in [4.78, 5) is 0. The monoisotopic (exact) mass is 328 g/mol. The molecule has 0 fully saturated rings. The highest BCUT2D eigenvalue weighted by atomic mass is 35.5. The number of rotatable bonds is 2. The van der Waals surface area contributed by atoms with Crippen LogP contribution in [0.3, 0.4) is 0 Å². The van der Waals surface area contributed by atoms with Crippen LogP contribution in [0.15, 0.2) is 60.7 Å². The highest BCUT2D eigenvalue weighted by Crippen LogP contribution is 1.94. The van der Waals surface area contributed by atoms with Crippen molar-refractivity contribution >= 4 is 12.4 Å². The molecule has 126 valence electrons. The Balaban J connectivity index is -0.000000249. The van der Waals surface area contributed by atoms with Gasteiger partial charge in [-0.25, -0.2) is 0 Å². The van der Waals surface area contributed by atoms with E-state index in [4.69, 9.17) is 16.6 Å². The maximum atomic E-state index is 8.06. The lowest BCUT2D eigenvalue weighted by Gasteiger charge is -1.90. The third kappa shape index (κ3) is 16.6. The van der Waals surface area contributed by atoms with Crippen LogP contribution in [0.25, 0.3) is 0 Å². The van der Waals surface area contributed by atoms with Gasteiger partial charge in [0.1, 0.15) is 0 Å². The van der Waals surface area contributed by atoms with E-state index in [2.05, 4.69) is 0 Å². The number of hydrogen-bond acceptors (Lipinski definition) is 3. The summed E-state index contributed by atoms with van der Waals surface area (Å²) in [6, 6.07) is 20.0. The third-order valence-corrected chi connectivity index (χ3v) is 2.16. The highest BCUT2D eigenvalue weighted by molar-refractivity contribution is 5.85. The third-order valence-electron chi connectivity index (χ3n) is 2.16. The van der Waals surface area contributed by atoms with Crippen molar-refractivity contribution in [1.82, 2.24) is 0 Å². The van der Waals surface area contributed by atoms with Crippen LogP contribution in [0.4, 0.5) is 0 Å². The maximum absolute atomic E-state index is 8.06. The van der Waals surface area contributed by atoms with Gasteiger partial charge in [-0.3, -0.25) is 0 Å². The lowest BCUT2D eigenvalue weighted by molar-refractivity contribution is 0.216. The van der Waals surface area contributed by atoms with Crippen molar-refractivity contribution in [3.63, 3.8) is 0 Å². The quantitative estimate of drug-likeness (QED) is 0.787. The fourth-order valence-electron chi connectivity index (χ4n) is 1.23. The first-order chi connectivity index (χ1) is 9.60. The largest absolute Gasteiger partial charge is 0.412 e. The van der Waals surface area contributed by atoms with Gasteiger partial charge in [0.2, 0.25) is 0 Å². The van der Waals surface area contributed by atoms with Crippen LogP contribution in [0, 0.1) is 0 Å². The van der Waals surface area contributed by atoms with Crippen LogP contribution in [-0.4, -0.2) is 16.7 Å². The molecule has 0 aliphatic carbocycles. The number of aliphatic hydroxyl groups excluding tert-OH is 1. The molecule has 4 nitrogen and oxygen atoms in total. The minimum absolute atomic E-state index is 0. The second kappa shape index (κ2) is 17.6. The van der Waals surface area contributed by atoms with Crippen molar-refractivity contribution in [1.29, 1.82) is 0 Å². The number of benzene rings is 2. The Hall–Kier alpha value is -1.43. The molecular formula is C17H29ClN2O2. The van der Waals surface area contributed by atoms with E-state index in [9.17, 15) is 0 Å². The predicted octanol–water partition coefficient (Wildman–Crippen LogP) is 2.27. The average molecular weight is 329 g/mol. The molecule has 0 saturated carbocycles. The molecule has 0 radical (unpaired) electrons. The van der Waals surface area contributed by atoms with Crippen molar-refractivity contribution in [2.24, 2.45) is 11.5 Å². The van der Waals surface area contributed by atoms with Crippen molar-refractivity contribution < 1.29 is 10.6 Å². The van der Waals surface area contributed by atoms with E-state index >= 15 is 0 Å². The summed E-state index contributed by atoms with van der Waals surface area (Å²) in [5, 5.41) is 8.06.